The maximum atomic E-state index is 12.0. The molecule has 0 fully saturated rings. The van der Waals surface area contributed by atoms with Gasteiger partial charge in [0.2, 0.25) is 5.78 Å². The van der Waals surface area contributed by atoms with Crippen LogP contribution in [0.4, 0.5) is 5.82 Å². The predicted octanol–water partition coefficient (Wildman–Crippen LogP) is 2.72. The van der Waals surface area contributed by atoms with E-state index < -0.39 is 4.92 Å². The molecule has 0 N–H and O–H groups in total. The second-order valence-corrected chi connectivity index (χ2v) is 5.54. The van der Waals surface area contributed by atoms with Crippen molar-refractivity contribution < 1.29 is 14.1 Å². The number of hydrogen-bond donors (Lipinski definition) is 0. The molecule has 3 heterocycles. The van der Waals surface area contributed by atoms with Crippen LogP contribution < -0.4 is 0 Å². The molecule has 10 heteroatoms. The largest absolute Gasteiger partial charge is 0.460 e. The third kappa shape index (κ3) is 3.83. The molecule has 0 spiro atoms. The standard InChI is InChI=1S/C15H12ClN5O4/c1-19-9-12(16)15(18-19)13(22)5-4-10-2-3-11(25-10)8-20-7-6-14(17-20)21(23)24/h2-7,9H,8H2,1H3/b5-4+. The fraction of sp³-hybridized carbons (Fsp3) is 0.133. The summed E-state index contributed by atoms with van der Waals surface area (Å²) in [4.78, 5) is 22.1. The monoisotopic (exact) mass is 361 g/mol. The molecule has 0 amide bonds. The van der Waals surface area contributed by atoms with Gasteiger partial charge >= 0.3 is 5.82 Å². The van der Waals surface area contributed by atoms with Crippen LogP contribution in [-0.4, -0.2) is 30.3 Å². The van der Waals surface area contributed by atoms with Crippen molar-refractivity contribution in [2.45, 2.75) is 6.54 Å². The van der Waals surface area contributed by atoms with Gasteiger partial charge in [-0.25, -0.2) is 0 Å². The van der Waals surface area contributed by atoms with Crippen LogP contribution in [0.25, 0.3) is 6.08 Å². The Kier molecular flexibility index (Phi) is 4.48. The minimum atomic E-state index is -0.568. The number of aryl methyl sites for hydroxylation is 1. The quantitative estimate of drug-likeness (QED) is 0.289. The molecule has 0 aromatic carbocycles. The Bertz CT molecular complexity index is 968. The topological polar surface area (TPSA) is 109 Å². The van der Waals surface area contributed by atoms with Gasteiger partial charge in [0.1, 0.15) is 18.1 Å². The van der Waals surface area contributed by atoms with Crippen molar-refractivity contribution in [3.8, 4) is 0 Å². The highest BCUT2D eigenvalue weighted by Crippen LogP contribution is 2.16. The SMILES string of the molecule is Cn1cc(Cl)c(C(=O)/C=C/c2ccc(Cn3ccc([N+](=O)[O-])n3)o2)n1. The molecule has 128 valence electrons. The summed E-state index contributed by atoms with van der Waals surface area (Å²) in [5.41, 5.74) is 0.163. The number of nitrogens with zero attached hydrogens (tertiary/aromatic N) is 5. The molecule has 0 aliphatic carbocycles. The second-order valence-electron chi connectivity index (χ2n) is 5.13. The van der Waals surface area contributed by atoms with Crippen molar-refractivity contribution in [3.63, 3.8) is 0 Å². The highest BCUT2D eigenvalue weighted by molar-refractivity contribution is 6.34. The van der Waals surface area contributed by atoms with E-state index in [1.54, 1.807) is 19.2 Å². The zero-order chi connectivity index (χ0) is 18.0. The number of carbonyl (C=O) groups excluding carboxylic acids is 1. The first kappa shape index (κ1) is 16.7. The fourth-order valence-electron chi connectivity index (χ4n) is 2.13. The Balaban J connectivity index is 1.67. The normalized spacial score (nSPS) is 11.3. The van der Waals surface area contributed by atoms with E-state index in [4.69, 9.17) is 16.0 Å². The van der Waals surface area contributed by atoms with Crippen molar-refractivity contribution in [3.05, 3.63) is 69.0 Å². The van der Waals surface area contributed by atoms with E-state index in [0.29, 0.717) is 11.5 Å². The summed E-state index contributed by atoms with van der Waals surface area (Å²) in [7, 11) is 1.67. The number of nitro groups is 1. The van der Waals surface area contributed by atoms with Gasteiger partial charge in [-0.15, -0.1) is 0 Å². The van der Waals surface area contributed by atoms with Gasteiger partial charge in [-0.1, -0.05) is 11.6 Å². The Morgan fingerprint density at radius 1 is 1.40 bits per heavy atom. The first-order chi connectivity index (χ1) is 11.9. The summed E-state index contributed by atoms with van der Waals surface area (Å²) in [5, 5.41) is 18.7. The molecule has 0 unspecified atom stereocenters. The molecule has 0 radical (unpaired) electrons. The van der Waals surface area contributed by atoms with Gasteiger partial charge in [0.15, 0.2) is 5.69 Å². The Morgan fingerprint density at radius 2 is 2.20 bits per heavy atom. The maximum Gasteiger partial charge on any atom is 0.389 e. The molecule has 0 atom stereocenters. The van der Waals surface area contributed by atoms with Gasteiger partial charge in [0, 0.05) is 13.2 Å². The van der Waals surface area contributed by atoms with Gasteiger partial charge in [-0.05, 0) is 29.2 Å². The lowest BCUT2D eigenvalue weighted by molar-refractivity contribution is -0.389. The van der Waals surface area contributed by atoms with Gasteiger partial charge in [-0.2, -0.15) is 9.78 Å². The first-order valence-electron chi connectivity index (χ1n) is 7.10. The van der Waals surface area contributed by atoms with E-state index in [-0.39, 0.29) is 28.9 Å². The summed E-state index contributed by atoms with van der Waals surface area (Å²) < 4.78 is 8.40. The third-order valence-electron chi connectivity index (χ3n) is 3.23. The van der Waals surface area contributed by atoms with Crippen LogP contribution in [0.3, 0.4) is 0 Å². The number of rotatable bonds is 6. The number of hydrogen-bond acceptors (Lipinski definition) is 6. The van der Waals surface area contributed by atoms with Crippen LogP contribution in [-0.2, 0) is 13.6 Å². The number of carbonyl (C=O) groups is 1. The predicted molar refractivity (Wildman–Crippen MR) is 88.3 cm³/mol. The van der Waals surface area contributed by atoms with Crippen LogP contribution in [0, 0.1) is 10.1 Å². The minimum Gasteiger partial charge on any atom is -0.460 e. The molecule has 0 aliphatic heterocycles. The lowest BCUT2D eigenvalue weighted by Gasteiger charge is -1.93. The summed E-state index contributed by atoms with van der Waals surface area (Å²) in [5.74, 6) is 0.425. The van der Waals surface area contributed by atoms with E-state index >= 15 is 0 Å². The summed E-state index contributed by atoms with van der Waals surface area (Å²) in [6.07, 6.45) is 5.84. The number of ketones is 1. The van der Waals surface area contributed by atoms with Gasteiger partial charge in [0.25, 0.3) is 0 Å². The number of furan rings is 1. The van der Waals surface area contributed by atoms with E-state index in [2.05, 4.69) is 10.2 Å². The minimum absolute atomic E-state index is 0.163. The van der Waals surface area contributed by atoms with Crippen molar-refractivity contribution in [2.75, 3.05) is 0 Å². The average molecular weight is 362 g/mol. The summed E-state index contributed by atoms with van der Waals surface area (Å²) >= 11 is 5.92. The smallest absolute Gasteiger partial charge is 0.389 e. The van der Waals surface area contributed by atoms with Gasteiger partial charge in [0.05, 0.1) is 22.4 Å². The summed E-state index contributed by atoms with van der Waals surface area (Å²) in [6, 6.07) is 4.68. The maximum absolute atomic E-state index is 12.0. The zero-order valence-electron chi connectivity index (χ0n) is 13.0. The van der Waals surface area contributed by atoms with Crippen LogP contribution in [0.15, 0.2) is 41.1 Å². The number of allylic oxidation sites excluding steroid dienone is 1. The average Bonchev–Trinajstić information content (AvgIpc) is 3.26. The molecule has 3 rings (SSSR count). The Hall–Kier alpha value is -3.20. The molecular weight excluding hydrogens is 350 g/mol. The number of aromatic nitrogens is 4. The Morgan fingerprint density at radius 3 is 2.84 bits per heavy atom. The second kappa shape index (κ2) is 6.73. The first-order valence-corrected chi connectivity index (χ1v) is 7.48. The van der Waals surface area contributed by atoms with E-state index in [1.165, 1.54) is 40.0 Å². The van der Waals surface area contributed by atoms with Crippen LogP contribution in [0.2, 0.25) is 5.02 Å². The fourth-order valence-corrected chi connectivity index (χ4v) is 2.40. The van der Waals surface area contributed by atoms with E-state index in [0.717, 1.165) is 0 Å². The van der Waals surface area contributed by atoms with Crippen molar-refractivity contribution in [2.24, 2.45) is 7.05 Å². The van der Waals surface area contributed by atoms with Gasteiger partial charge < -0.3 is 14.5 Å². The highest BCUT2D eigenvalue weighted by atomic mass is 35.5. The molecule has 0 aliphatic rings. The van der Waals surface area contributed by atoms with E-state index in [1.807, 2.05) is 0 Å². The molecule has 3 aromatic heterocycles. The lowest BCUT2D eigenvalue weighted by Crippen LogP contribution is -2.00. The molecular formula is C15H12ClN5O4. The summed E-state index contributed by atoms with van der Waals surface area (Å²) in [6.45, 7) is 0.238. The molecule has 3 aromatic rings. The Labute approximate surface area is 146 Å². The van der Waals surface area contributed by atoms with Crippen molar-refractivity contribution >= 4 is 29.3 Å². The van der Waals surface area contributed by atoms with Crippen molar-refractivity contribution in [1.82, 2.24) is 19.6 Å². The molecule has 25 heavy (non-hydrogen) atoms. The zero-order valence-corrected chi connectivity index (χ0v) is 13.8. The van der Waals surface area contributed by atoms with Crippen LogP contribution in [0.5, 0.6) is 0 Å². The number of halogens is 1. The van der Waals surface area contributed by atoms with Gasteiger partial charge in [-0.3, -0.25) is 9.48 Å². The van der Waals surface area contributed by atoms with Crippen LogP contribution in [0.1, 0.15) is 22.0 Å². The molecule has 0 bridgehead atoms. The highest BCUT2D eigenvalue weighted by Gasteiger charge is 2.13. The molecule has 0 saturated heterocycles. The van der Waals surface area contributed by atoms with Crippen LogP contribution >= 0.6 is 11.6 Å². The third-order valence-corrected chi connectivity index (χ3v) is 3.51. The molecule has 0 saturated carbocycles. The molecule has 9 nitrogen and oxygen atoms in total. The van der Waals surface area contributed by atoms with Crippen molar-refractivity contribution in [1.29, 1.82) is 0 Å². The van der Waals surface area contributed by atoms with E-state index in [9.17, 15) is 14.9 Å². The lowest BCUT2D eigenvalue weighted by atomic mass is 10.2.